The molecule has 0 fully saturated rings. The van der Waals surface area contributed by atoms with Crippen LogP contribution in [0.25, 0.3) is 0 Å². The maximum atomic E-state index is 5.73. The van der Waals surface area contributed by atoms with E-state index < -0.39 is 0 Å². The van der Waals surface area contributed by atoms with Gasteiger partial charge in [0.25, 0.3) is 0 Å². The van der Waals surface area contributed by atoms with Crippen LogP contribution >= 0.6 is 23.2 Å². The standard InChI is InChI=1S/C11H13Cl2N/c1-9-3-2-4-10(5-9)7-14-8-11(13)6-12/h2-6,14H,7-8H2,1H3. The van der Waals surface area contributed by atoms with Crippen LogP contribution in [0.4, 0.5) is 0 Å². The van der Waals surface area contributed by atoms with Gasteiger partial charge >= 0.3 is 0 Å². The molecule has 0 radical (unpaired) electrons. The molecule has 0 bridgehead atoms. The van der Waals surface area contributed by atoms with Crippen molar-refractivity contribution < 1.29 is 0 Å². The highest BCUT2D eigenvalue weighted by molar-refractivity contribution is 6.36. The van der Waals surface area contributed by atoms with Gasteiger partial charge in [-0.15, -0.1) is 0 Å². The van der Waals surface area contributed by atoms with Crippen molar-refractivity contribution in [2.24, 2.45) is 0 Å². The first-order valence-electron chi connectivity index (χ1n) is 4.43. The topological polar surface area (TPSA) is 12.0 Å². The summed E-state index contributed by atoms with van der Waals surface area (Å²) < 4.78 is 0. The summed E-state index contributed by atoms with van der Waals surface area (Å²) in [7, 11) is 0. The molecule has 1 rings (SSSR count). The van der Waals surface area contributed by atoms with E-state index in [1.54, 1.807) is 0 Å². The highest BCUT2D eigenvalue weighted by Gasteiger charge is 1.94. The van der Waals surface area contributed by atoms with Gasteiger partial charge in [-0.3, -0.25) is 0 Å². The lowest BCUT2D eigenvalue weighted by Crippen LogP contribution is -2.14. The van der Waals surface area contributed by atoms with Gasteiger partial charge in [0.05, 0.1) is 0 Å². The van der Waals surface area contributed by atoms with Crippen molar-refractivity contribution >= 4 is 23.2 Å². The first-order valence-corrected chi connectivity index (χ1v) is 5.25. The van der Waals surface area contributed by atoms with E-state index in [0.29, 0.717) is 11.6 Å². The Balaban J connectivity index is 2.39. The lowest BCUT2D eigenvalue weighted by atomic mass is 10.1. The van der Waals surface area contributed by atoms with Crippen LogP contribution < -0.4 is 5.32 Å². The predicted molar refractivity (Wildman–Crippen MR) is 62.7 cm³/mol. The fourth-order valence-corrected chi connectivity index (χ4v) is 1.36. The lowest BCUT2D eigenvalue weighted by molar-refractivity contribution is 0.754. The van der Waals surface area contributed by atoms with Gasteiger partial charge in [-0.05, 0) is 12.5 Å². The molecule has 0 heterocycles. The largest absolute Gasteiger partial charge is 0.308 e. The molecule has 1 aromatic carbocycles. The molecule has 1 aromatic rings. The van der Waals surface area contributed by atoms with Crippen LogP contribution in [0.2, 0.25) is 0 Å². The van der Waals surface area contributed by atoms with Gasteiger partial charge in [-0.1, -0.05) is 53.0 Å². The molecule has 0 aliphatic heterocycles. The van der Waals surface area contributed by atoms with E-state index in [1.165, 1.54) is 16.7 Å². The van der Waals surface area contributed by atoms with E-state index in [-0.39, 0.29) is 0 Å². The van der Waals surface area contributed by atoms with Gasteiger partial charge in [-0.25, -0.2) is 0 Å². The molecule has 0 saturated carbocycles. The third kappa shape index (κ3) is 4.14. The highest BCUT2D eigenvalue weighted by Crippen LogP contribution is 2.05. The van der Waals surface area contributed by atoms with Gasteiger partial charge in [0.1, 0.15) is 0 Å². The van der Waals surface area contributed by atoms with E-state index in [4.69, 9.17) is 23.2 Å². The second-order valence-electron chi connectivity index (χ2n) is 3.15. The van der Waals surface area contributed by atoms with Crippen molar-refractivity contribution in [2.75, 3.05) is 6.54 Å². The van der Waals surface area contributed by atoms with Gasteiger partial charge in [-0.2, -0.15) is 0 Å². The lowest BCUT2D eigenvalue weighted by Gasteiger charge is -2.04. The second kappa shape index (κ2) is 6.07. The number of hydrogen-bond donors (Lipinski definition) is 1. The predicted octanol–water partition coefficient (Wildman–Crippen LogP) is 3.40. The highest BCUT2D eigenvalue weighted by atomic mass is 35.5. The minimum atomic E-state index is 0.610. The number of benzene rings is 1. The molecule has 0 atom stereocenters. The first kappa shape index (κ1) is 11.6. The van der Waals surface area contributed by atoms with Crippen LogP contribution in [0, 0.1) is 6.92 Å². The fourth-order valence-electron chi connectivity index (χ4n) is 1.19. The Morgan fingerprint density at radius 2 is 2.29 bits per heavy atom. The Labute approximate surface area is 94.7 Å². The number of halogens is 2. The monoisotopic (exact) mass is 229 g/mol. The molecule has 14 heavy (non-hydrogen) atoms. The Morgan fingerprint density at radius 1 is 1.50 bits per heavy atom. The molecular weight excluding hydrogens is 217 g/mol. The van der Waals surface area contributed by atoms with E-state index in [9.17, 15) is 0 Å². The Kier molecular flexibility index (Phi) is 5.02. The molecule has 0 aliphatic rings. The number of nitrogens with one attached hydrogen (secondary N) is 1. The molecule has 0 aromatic heterocycles. The maximum absolute atomic E-state index is 5.73. The zero-order valence-electron chi connectivity index (χ0n) is 8.06. The molecular formula is C11H13Cl2N. The van der Waals surface area contributed by atoms with Crippen LogP contribution in [-0.2, 0) is 6.54 Å². The molecule has 76 valence electrons. The van der Waals surface area contributed by atoms with Gasteiger partial charge < -0.3 is 5.32 Å². The average Bonchev–Trinajstić information content (AvgIpc) is 2.17. The van der Waals surface area contributed by atoms with Crippen LogP contribution in [0.1, 0.15) is 11.1 Å². The Hall–Kier alpha value is -0.500. The van der Waals surface area contributed by atoms with Crippen molar-refractivity contribution in [1.82, 2.24) is 5.32 Å². The summed E-state index contributed by atoms with van der Waals surface area (Å²) in [6.07, 6.45) is 0. The molecule has 0 spiro atoms. The molecule has 0 saturated heterocycles. The van der Waals surface area contributed by atoms with Crippen molar-refractivity contribution in [3.63, 3.8) is 0 Å². The van der Waals surface area contributed by atoms with Gasteiger partial charge in [0.2, 0.25) is 0 Å². The first-order chi connectivity index (χ1) is 6.72. The third-order valence-electron chi connectivity index (χ3n) is 1.82. The zero-order valence-corrected chi connectivity index (χ0v) is 9.57. The smallest absolute Gasteiger partial charge is 0.0432 e. The number of aryl methyl sites for hydroxylation is 1. The quantitative estimate of drug-likeness (QED) is 0.835. The SMILES string of the molecule is Cc1cccc(CNCC(Cl)=CCl)c1. The normalized spacial score (nSPS) is 11.8. The van der Waals surface area contributed by atoms with E-state index >= 15 is 0 Å². The van der Waals surface area contributed by atoms with Crippen LogP contribution in [-0.4, -0.2) is 6.54 Å². The summed E-state index contributed by atoms with van der Waals surface area (Å²) in [6, 6.07) is 8.35. The molecule has 3 heteroatoms. The van der Waals surface area contributed by atoms with Crippen molar-refractivity contribution in [1.29, 1.82) is 0 Å². The second-order valence-corrected chi connectivity index (χ2v) is 3.85. The minimum Gasteiger partial charge on any atom is -0.308 e. The Morgan fingerprint density at radius 3 is 2.93 bits per heavy atom. The summed E-state index contributed by atoms with van der Waals surface area (Å²) in [6.45, 7) is 3.50. The van der Waals surface area contributed by atoms with Crippen LogP contribution in [0.3, 0.4) is 0 Å². The van der Waals surface area contributed by atoms with Crippen molar-refractivity contribution in [3.8, 4) is 0 Å². The van der Waals surface area contributed by atoms with Gasteiger partial charge in [0, 0.05) is 23.7 Å². The summed E-state index contributed by atoms with van der Waals surface area (Å²) in [5.41, 5.74) is 3.90. The van der Waals surface area contributed by atoms with E-state index in [2.05, 4.69) is 30.4 Å². The number of rotatable bonds is 4. The van der Waals surface area contributed by atoms with Crippen molar-refractivity contribution in [3.05, 3.63) is 46.0 Å². The maximum Gasteiger partial charge on any atom is 0.0432 e. The summed E-state index contributed by atoms with van der Waals surface area (Å²) in [5, 5.41) is 3.82. The van der Waals surface area contributed by atoms with E-state index in [1.807, 2.05) is 6.07 Å². The molecule has 0 aliphatic carbocycles. The van der Waals surface area contributed by atoms with Gasteiger partial charge in [0.15, 0.2) is 0 Å². The average molecular weight is 230 g/mol. The molecule has 0 unspecified atom stereocenters. The zero-order chi connectivity index (χ0) is 10.4. The summed E-state index contributed by atoms with van der Waals surface area (Å²) >= 11 is 11.2. The minimum absolute atomic E-state index is 0.610. The molecule has 0 amide bonds. The van der Waals surface area contributed by atoms with Crippen molar-refractivity contribution in [2.45, 2.75) is 13.5 Å². The number of hydrogen-bond acceptors (Lipinski definition) is 1. The fraction of sp³-hybridized carbons (Fsp3) is 0.273. The van der Waals surface area contributed by atoms with Crippen LogP contribution in [0.5, 0.6) is 0 Å². The summed E-state index contributed by atoms with van der Waals surface area (Å²) in [5.74, 6) is 0. The molecule has 1 N–H and O–H groups in total. The van der Waals surface area contributed by atoms with Crippen LogP contribution in [0.15, 0.2) is 34.8 Å². The third-order valence-corrected chi connectivity index (χ3v) is 2.44. The Bertz CT molecular complexity index is 321. The summed E-state index contributed by atoms with van der Waals surface area (Å²) in [4.78, 5) is 0. The van der Waals surface area contributed by atoms with E-state index in [0.717, 1.165) is 6.54 Å². The molecule has 1 nitrogen and oxygen atoms in total.